The van der Waals surface area contributed by atoms with Gasteiger partial charge >= 0.3 is 12.5 Å². The van der Waals surface area contributed by atoms with E-state index in [0.29, 0.717) is 0 Å². The first-order valence-electron chi connectivity index (χ1n) is 4.72. The molecule has 0 amide bonds. The Kier molecular flexibility index (Phi) is 6.44. The lowest BCUT2D eigenvalue weighted by Crippen LogP contribution is -2.33. The van der Waals surface area contributed by atoms with E-state index in [2.05, 4.69) is 4.74 Å². The Bertz CT molecular complexity index is 403. The van der Waals surface area contributed by atoms with E-state index in [9.17, 15) is 26.3 Å². The fraction of sp³-hybridized carbons (Fsp3) is 0.400. The van der Waals surface area contributed by atoms with Crippen LogP contribution in [0.1, 0.15) is 11.6 Å². The summed E-state index contributed by atoms with van der Waals surface area (Å²) in [5.74, 6) is -0.658. The van der Waals surface area contributed by atoms with Gasteiger partial charge in [-0.15, -0.1) is 12.4 Å². The van der Waals surface area contributed by atoms with Gasteiger partial charge in [0.2, 0.25) is 0 Å². The molecule has 0 aromatic heterocycles. The molecule has 0 bridgehead atoms. The van der Waals surface area contributed by atoms with E-state index in [-0.39, 0.29) is 18.0 Å². The fourth-order valence-electron chi connectivity index (χ4n) is 1.13. The average molecular weight is 310 g/mol. The maximum absolute atomic E-state index is 12.6. The van der Waals surface area contributed by atoms with E-state index >= 15 is 0 Å². The van der Waals surface area contributed by atoms with Crippen LogP contribution in [-0.2, 0) is 0 Å². The zero-order valence-electron chi connectivity index (χ0n) is 9.20. The Hall–Kier alpha value is -1.15. The van der Waals surface area contributed by atoms with Crippen LogP contribution in [0.15, 0.2) is 24.3 Å². The Labute approximate surface area is 110 Å². The van der Waals surface area contributed by atoms with Crippen LogP contribution in [0.25, 0.3) is 0 Å². The first-order valence-corrected chi connectivity index (χ1v) is 4.72. The number of hydrogen-bond acceptors (Lipinski definition) is 2. The molecule has 0 fully saturated rings. The Morgan fingerprint density at radius 1 is 1.11 bits per heavy atom. The molecular weight excluding hydrogens is 300 g/mol. The molecule has 110 valence electrons. The maximum atomic E-state index is 12.6. The van der Waals surface area contributed by atoms with Crippen LogP contribution in [-0.4, -0.2) is 19.0 Å². The molecule has 0 unspecified atom stereocenters. The van der Waals surface area contributed by atoms with Crippen LogP contribution in [0.2, 0.25) is 0 Å². The maximum Gasteiger partial charge on any atom is 0.461 e. The zero-order valence-corrected chi connectivity index (χ0v) is 10.0. The van der Waals surface area contributed by atoms with E-state index in [1.807, 2.05) is 0 Å². The van der Waals surface area contributed by atoms with Crippen LogP contribution in [0.5, 0.6) is 5.75 Å². The highest BCUT2D eigenvalue weighted by Gasteiger charge is 2.44. The second kappa shape index (κ2) is 6.85. The topological polar surface area (TPSA) is 35.2 Å². The standard InChI is InChI=1S/C10H9F6NO.ClH/c11-8(12)7(17)5-2-1-3-6(4-5)18-10(15,16)9(13)14;/h1-4,7-9H,17H2;1H/t7-;/m0./s1. The van der Waals surface area contributed by atoms with E-state index < -0.39 is 30.8 Å². The van der Waals surface area contributed by atoms with Crippen LogP contribution < -0.4 is 10.5 Å². The summed E-state index contributed by atoms with van der Waals surface area (Å²) in [5, 5.41) is 0. The summed E-state index contributed by atoms with van der Waals surface area (Å²) in [6.07, 6.45) is -11.6. The van der Waals surface area contributed by atoms with Crippen molar-refractivity contribution in [2.24, 2.45) is 5.73 Å². The van der Waals surface area contributed by atoms with Crippen molar-refractivity contribution in [1.29, 1.82) is 0 Å². The summed E-state index contributed by atoms with van der Waals surface area (Å²) < 4.78 is 77.2. The van der Waals surface area contributed by atoms with Gasteiger partial charge < -0.3 is 10.5 Å². The molecule has 0 aliphatic rings. The summed E-state index contributed by atoms with van der Waals surface area (Å²) in [7, 11) is 0. The first-order chi connectivity index (χ1) is 8.24. The summed E-state index contributed by atoms with van der Waals surface area (Å²) in [5.41, 5.74) is 4.90. The van der Waals surface area contributed by atoms with Gasteiger partial charge in [-0.1, -0.05) is 12.1 Å². The van der Waals surface area contributed by atoms with Crippen molar-refractivity contribution < 1.29 is 31.1 Å². The highest BCUT2D eigenvalue weighted by Crippen LogP contribution is 2.29. The lowest BCUT2D eigenvalue weighted by Gasteiger charge is -2.18. The van der Waals surface area contributed by atoms with Gasteiger partial charge in [0, 0.05) is 0 Å². The van der Waals surface area contributed by atoms with Crippen molar-refractivity contribution in [3.05, 3.63) is 29.8 Å². The summed E-state index contributed by atoms with van der Waals surface area (Å²) in [6, 6.07) is 2.28. The van der Waals surface area contributed by atoms with Gasteiger partial charge in [-0.25, -0.2) is 8.78 Å². The van der Waals surface area contributed by atoms with Crippen molar-refractivity contribution in [3.63, 3.8) is 0 Å². The molecule has 1 rings (SSSR count). The van der Waals surface area contributed by atoms with E-state index in [0.717, 1.165) is 24.3 Å². The Morgan fingerprint density at radius 3 is 2.16 bits per heavy atom. The largest absolute Gasteiger partial charge is 0.461 e. The number of rotatable bonds is 5. The third-order valence-electron chi connectivity index (χ3n) is 2.02. The van der Waals surface area contributed by atoms with Gasteiger partial charge in [0.15, 0.2) is 0 Å². The predicted octanol–water partition coefficient (Wildman–Crippen LogP) is 3.61. The summed E-state index contributed by atoms with van der Waals surface area (Å²) in [4.78, 5) is 0. The molecule has 2 nitrogen and oxygen atoms in total. The number of ether oxygens (including phenoxy) is 1. The van der Waals surface area contributed by atoms with Crippen molar-refractivity contribution in [3.8, 4) is 5.75 Å². The number of benzene rings is 1. The van der Waals surface area contributed by atoms with E-state index in [1.54, 1.807) is 0 Å². The minimum Gasteiger partial charge on any atom is -0.428 e. The lowest BCUT2D eigenvalue weighted by molar-refractivity contribution is -0.253. The minimum atomic E-state index is -4.69. The van der Waals surface area contributed by atoms with Crippen LogP contribution >= 0.6 is 12.4 Å². The van der Waals surface area contributed by atoms with Gasteiger partial charge in [-0.3, -0.25) is 0 Å². The molecule has 0 aliphatic heterocycles. The molecule has 0 saturated carbocycles. The number of alkyl halides is 6. The average Bonchev–Trinajstić information content (AvgIpc) is 2.27. The minimum absolute atomic E-state index is 0. The van der Waals surface area contributed by atoms with Crippen molar-refractivity contribution in [2.75, 3.05) is 0 Å². The molecule has 0 spiro atoms. The normalized spacial score (nSPS) is 13.3. The van der Waals surface area contributed by atoms with Gasteiger partial charge in [0.05, 0.1) is 6.04 Å². The van der Waals surface area contributed by atoms with Crippen LogP contribution in [0, 0.1) is 0 Å². The Morgan fingerprint density at radius 2 is 1.68 bits per heavy atom. The molecule has 9 heteroatoms. The number of nitrogens with two attached hydrogens (primary N) is 1. The molecule has 0 aliphatic carbocycles. The third-order valence-corrected chi connectivity index (χ3v) is 2.02. The first kappa shape index (κ1) is 17.8. The van der Waals surface area contributed by atoms with Crippen LogP contribution in [0.3, 0.4) is 0 Å². The van der Waals surface area contributed by atoms with Crippen molar-refractivity contribution in [2.45, 2.75) is 25.0 Å². The lowest BCUT2D eigenvalue weighted by atomic mass is 10.1. The predicted molar refractivity (Wildman–Crippen MR) is 58.2 cm³/mol. The molecule has 0 radical (unpaired) electrons. The number of hydrogen-bond donors (Lipinski definition) is 1. The summed E-state index contributed by atoms with van der Waals surface area (Å²) >= 11 is 0. The molecule has 1 aromatic carbocycles. The third kappa shape index (κ3) is 4.79. The van der Waals surface area contributed by atoms with Gasteiger partial charge in [0.25, 0.3) is 6.43 Å². The van der Waals surface area contributed by atoms with E-state index in [1.165, 1.54) is 0 Å². The fourth-order valence-corrected chi connectivity index (χ4v) is 1.13. The zero-order chi connectivity index (χ0) is 13.9. The van der Waals surface area contributed by atoms with E-state index in [4.69, 9.17) is 5.73 Å². The second-order valence-corrected chi connectivity index (χ2v) is 3.40. The second-order valence-electron chi connectivity index (χ2n) is 3.40. The molecule has 0 saturated heterocycles. The smallest absolute Gasteiger partial charge is 0.428 e. The van der Waals surface area contributed by atoms with Crippen molar-refractivity contribution in [1.82, 2.24) is 0 Å². The number of halogens is 7. The molecule has 2 N–H and O–H groups in total. The monoisotopic (exact) mass is 309 g/mol. The Balaban J connectivity index is 0.00000324. The van der Waals surface area contributed by atoms with Gasteiger partial charge in [-0.2, -0.15) is 17.6 Å². The SMILES string of the molecule is Cl.N[C@@H](c1cccc(OC(F)(F)C(F)F)c1)C(F)F. The van der Waals surface area contributed by atoms with Crippen LogP contribution in [0.4, 0.5) is 26.3 Å². The molecule has 0 heterocycles. The molecule has 19 heavy (non-hydrogen) atoms. The molecule has 1 aromatic rings. The molecular formula is C10H10ClF6NO. The summed E-state index contributed by atoms with van der Waals surface area (Å²) in [6.45, 7) is 0. The van der Waals surface area contributed by atoms with Crippen molar-refractivity contribution >= 4 is 12.4 Å². The van der Waals surface area contributed by atoms with Gasteiger partial charge in [-0.05, 0) is 17.7 Å². The van der Waals surface area contributed by atoms with Gasteiger partial charge in [0.1, 0.15) is 5.75 Å². The highest BCUT2D eigenvalue weighted by molar-refractivity contribution is 5.85. The molecule has 1 atom stereocenters. The highest BCUT2D eigenvalue weighted by atomic mass is 35.5. The quantitative estimate of drug-likeness (QED) is 0.843.